The maximum Gasteiger partial charge on any atom is 0.263 e. The Balaban J connectivity index is 2.12. The second kappa shape index (κ2) is 5.69. The quantitative estimate of drug-likeness (QED) is 0.678. The second-order valence-corrected chi connectivity index (χ2v) is 4.60. The Morgan fingerprint density at radius 1 is 1.61 bits per heavy atom. The Kier molecular flexibility index (Phi) is 4.00. The van der Waals surface area contributed by atoms with Crippen LogP contribution in [0.3, 0.4) is 0 Å². The molecule has 0 radical (unpaired) electrons. The third-order valence-corrected chi connectivity index (χ3v) is 3.40. The number of nitrogens with zero attached hydrogens (tertiary/aromatic N) is 3. The first-order valence-electron chi connectivity index (χ1n) is 5.44. The molecular weight excluding hydrogens is 254 g/mol. The van der Waals surface area contributed by atoms with E-state index >= 15 is 0 Å². The molecule has 18 heavy (non-hydrogen) atoms. The number of hydrogen-bond donors (Lipinski definition) is 3. The van der Waals surface area contributed by atoms with Crippen molar-refractivity contribution in [3.05, 3.63) is 16.9 Å². The predicted molar refractivity (Wildman–Crippen MR) is 66.3 cm³/mol. The molecule has 0 saturated carbocycles. The average molecular weight is 267 g/mol. The first kappa shape index (κ1) is 12.7. The standard InChI is InChI=1S/C10H13N5O2S/c1-6-7(9(17)11-3-2-4-16)18-10(14-6)8-12-5-13-15-8/h5,16H,2-4H2,1H3,(H,11,17)(H,12,13,15). The number of thiazole rings is 1. The molecule has 2 rings (SSSR count). The fourth-order valence-electron chi connectivity index (χ4n) is 1.38. The Hall–Kier alpha value is -1.80. The zero-order valence-corrected chi connectivity index (χ0v) is 10.6. The minimum absolute atomic E-state index is 0.0608. The van der Waals surface area contributed by atoms with Gasteiger partial charge >= 0.3 is 0 Å². The SMILES string of the molecule is Cc1nc(-c2ncn[nH]2)sc1C(=O)NCCCO. The van der Waals surface area contributed by atoms with Crippen LogP contribution < -0.4 is 5.32 Å². The summed E-state index contributed by atoms with van der Waals surface area (Å²) in [6, 6.07) is 0. The summed E-state index contributed by atoms with van der Waals surface area (Å²) in [7, 11) is 0. The van der Waals surface area contributed by atoms with Gasteiger partial charge in [0.1, 0.15) is 11.2 Å². The summed E-state index contributed by atoms with van der Waals surface area (Å²) in [5, 5.41) is 18.5. The van der Waals surface area contributed by atoms with Gasteiger partial charge in [0.05, 0.1) is 5.69 Å². The number of nitrogens with one attached hydrogen (secondary N) is 2. The molecule has 0 aliphatic rings. The van der Waals surface area contributed by atoms with E-state index in [1.165, 1.54) is 17.7 Å². The predicted octanol–water partition coefficient (Wildman–Crippen LogP) is 0.349. The fraction of sp³-hybridized carbons (Fsp3) is 0.400. The maximum absolute atomic E-state index is 11.9. The van der Waals surface area contributed by atoms with E-state index in [0.717, 1.165) is 0 Å². The molecule has 0 aliphatic heterocycles. The number of carbonyl (C=O) groups excluding carboxylic acids is 1. The van der Waals surface area contributed by atoms with Crippen molar-refractivity contribution in [2.45, 2.75) is 13.3 Å². The highest BCUT2D eigenvalue weighted by Gasteiger charge is 2.16. The monoisotopic (exact) mass is 267 g/mol. The van der Waals surface area contributed by atoms with Crippen molar-refractivity contribution in [3.8, 4) is 10.8 Å². The van der Waals surface area contributed by atoms with Crippen LogP contribution in [-0.2, 0) is 0 Å². The third-order valence-electron chi connectivity index (χ3n) is 2.24. The molecule has 0 bridgehead atoms. The van der Waals surface area contributed by atoms with Gasteiger partial charge < -0.3 is 10.4 Å². The molecule has 0 aliphatic carbocycles. The van der Waals surface area contributed by atoms with Crippen molar-refractivity contribution >= 4 is 17.2 Å². The van der Waals surface area contributed by atoms with Crippen LogP contribution in [0.15, 0.2) is 6.33 Å². The topological polar surface area (TPSA) is 104 Å². The molecule has 2 aromatic heterocycles. The van der Waals surface area contributed by atoms with Crippen LogP contribution >= 0.6 is 11.3 Å². The summed E-state index contributed by atoms with van der Waals surface area (Å²) < 4.78 is 0. The van der Waals surface area contributed by atoms with E-state index in [-0.39, 0.29) is 12.5 Å². The lowest BCUT2D eigenvalue weighted by Gasteiger charge is -2.01. The zero-order chi connectivity index (χ0) is 13.0. The lowest BCUT2D eigenvalue weighted by molar-refractivity contribution is 0.0954. The van der Waals surface area contributed by atoms with Gasteiger partial charge in [-0.3, -0.25) is 9.89 Å². The van der Waals surface area contributed by atoms with Crippen LogP contribution in [0.2, 0.25) is 0 Å². The van der Waals surface area contributed by atoms with Gasteiger partial charge in [-0.1, -0.05) is 0 Å². The molecule has 0 fully saturated rings. The molecular formula is C10H13N5O2S. The molecule has 3 N–H and O–H groups in total. The number of hydrogen-bond acceptors (Lipinski definition) is 6. The summed E-state index contributed by atoms with van der Waals surface area (Å²) in [4.78, 5) is 20.7. The normalized spacial score (nSPS) is 10.6. The highest BCUT2D eigenvalue weighted by Crippen LogP contribution is 2.24. The summed E-state index contributed by atoms with van der Waals surface area (Å²) in [6.07, 6.45) is 1.94. The lowest BCUT2D eigenvalue weighted by atomic mass is 10.3. The van der Waals surface area contributed by atoms with Crippen LogP contribution in [0.25, 0.3) is 10.8 Å². The number of H-pyrrole nitrogens is 1. The summed E-state index contributed by atoms with van der Waals surface area (Å²) in [6.45, 7) is 2.28. The van der Waals surface area contributed by atoms with Gasteiger partial charge in [0.25, 0.3) is 5.91 Å². The van der Waals surface area contributed by atoms with Gasteiger partial charge in [-0.15, -0.1) is 11.3 Å². The minimum Gasteiger partial charge on any atom is -0.396 e. The molecule has 0 spiro atoms. The first-order valence-corrected chi connectivity index (χ1v) is 6.26. The summed E-state index contributed by atoms with van der Waals surface area (Å²) in [5.74, 6) is 0.377. The molecule has 1 amide bonds. The smallest absolute Gasteiger partial charge is 0.263 e. The van der Waals surface area contributed by atoms with Gasteiger partial charge in [-0.2, -0.15) is 5.10 Å². The van der Waals surface area contributed by atoms with Gasteiger partial charge in [-0.05, 0) is 13.3 Å². The summed E-state index contributed by atoms with van der Waals surface area (Å²) in [5.41, 5.74) is 0.660. The molecule has 96 valence electrons. The number of amides is 1. The number of aliphatic hydroxyl groups excluding tert-OH is 1. The fourth-order valence-corrected chi connectivity index (χ4v) is 2.31. The van der Waals surface area contributed by atoms with E-state index in [2.05, 4.69) is 25.5 Å². The van der Waals surface area contributed by atoms with Crippen molar-refractivity contribution < 1.29 is 9.90 Å². The van der Waals surface area contributed by atoms with Crippen molar-refractivity contribution in [2.75, 3.05) is 13.2 Å². The minimum atomic E-state index is -0.177. The number of aromatic amines is 1. The van der Waals surface area contributed by atoms with Crippen LogP contribution in [0.4, 0.5) is 0 Å². The molecule has 8 heteroatoms. The number of carbonyl (C=O) groups is 1. The molecule has 0 aromatic carbocycles. The highest BCUT2D eigenvalue weighted by atomic mass is 32.1. The van der Waals surface area contributed by atoms with Gasteiger partial charge in [0.2, 0.25) is 0 Å². The zero-order valence-electron chi connectivity index (χ0n) is 9.80. The molecule has 0 unspecified atom stereocenters. The van der Waals surface area contributed by atoms with Gasteiger partial charge in [0, 0.05) is 13.2 Å². The molecule has 0 saturated heterocycles. The Morgan fingerprint density at radius 3 is 3.11 bits per heavy atom. The van der Waals surface area contributed by atoms with Crippen LogP contribution in [0.1, 0.15) is 21.8 Å². The number of rotatable bonds is 5. The Labute approximate surface area is 107 Å². The van der Waals surface area contributed by atoms with E-state index in [9.17, 15) is 4.79 Å². The van der Waals surface area contributed by atoms with Gasteiger partial charge in [-0.25, -0.2) is 9.97 Å². The van der Waals surface area contributed by atoms with Gasteiger partial charge in [0.15, 0.2) is 10.8 Å². The number of aromatic nitrogens is 4. The first-order chi connectivity index (χ1) is 8.72. The van der Waals surface area contributed by atoms with E-state index < -0.39 is 0 Å². The Morgan fingerprint density at radius 2 is 2.44 bits per heavy atom. The second-order valence-electron chi connectivity index (χ2n) is 3.60. The average Bonchev–Trinajstić information content (AvgIpc) is 2.97. The molecule has 7 nitrogen and oxygen atoms in total. The summed E-state index contributed by atoms with van der Waals surface area (Å²) >= 11 is 1.26. The maximum atomic E-state index is 11.9. The number of aliphatic hydroxyl groups is 1. The van der Waals surface area contributed by atoms with Crippen LogP contribution in [0.5, 0.6) is 0 Å². The van der Waals surface area contributed by atoms with Crippen molar-refractivity contribution in [2.24, 2.45) is 0 Å². The van der Waals surface area contributed by atoms with E-state index in [1.807, 2.05) is 0 Å². The van der Waals surface area contributed by atoms with Crippen molar-refractivity contribution in [1.29, 1.82) is 0 Å². The lowest BCUT2D eigenvalue weighted by Crippen LogP contribution is -2.24. The van der Waals surface area contributed by atoms with E-state index in [4.69, 9.17) is 5.11 Å². The molecule has 2 heterocycles. The molecule has 0 atom stereocenters. The molecule has 2 aromatic rings. The van der Waals surface area contributed by atoms with Crippen LogP contribution in [-0.4, -0.2) is 44.3 Å². The van der Waals surface area contributed by atoms with Crippen molar-refractivity contribution in [1.82, 2.24) is 25.5 Å². The highest BCUT2D eigenvalue weighted by molar-refractivity contribution is 7.17. The van der Waals surface area contributed by atoms with E-state index in [0.29, 0.717) is 34.4 Å². The largest absolute Gasteiger partial charge is 0.396 e. The number of aryl methyl sites for hydroxylation is 1. The Bertz CT molecular complexity index is 522. The van der Waals surface area contributed by atoms with E-state index in [1.54, 1.807) is 6.92 Å². The van der Waals surface area contributed by atoms with Crippen LogP contribution in [0, 0.1) is 6.92 Å². The third kappa shape index (κ3) is 2.71. The van der Waals surface area contributed by atoms with Crippen molar-refractivity contribution in [3.63, 3.8) is 0 Å².